The van der Waals surface area contributed by atoms with Crippen molar-refractivity contribution in [2.24, 2.45) is 0 Å². The van der Waals surface area contributed by atoms with Gasteiger partial charge < -0.3 is 5.32 Å². The van der Waals surface area contributed by atoms with Gasteiger partial charge >= 0.3 is 0 Å². The summed E-state index contributed by atoms with van der Waals surface area (Å²) in [5, 5.41) is 3.29. The van der Waals surface area contributed by atoms with Gasteiger partial charge in [0.25, 0.3) is 5.91 Å². The lowest BCUT2D eigenvalue weighted by atomic mass is 10.00. The zero-order valence-corrected chi connectivity index (χ0v) is 16.1. The molecule has 0 bridgehead atoms. The average Bonchev–Trinajstić information content (AvgIpc) is 3.01. The number of amides is 1. The van der Waals surface area contributed by atoms with E-state index in [-0.39, 0.29) is 11.7 Å². The number of hydrogen-bond donors (Lipinski definition) is 3. The maximum Gasteiger partial charge on any atom is 0.279 e. The highest BCUT2D eigenvalue weighted by Gasteiger charge is 2.16. The van der Waals surface area contributed by atoms with Crippen LogP contribution in [0.2, 0.25) is 0 Å². The molecule has 1 aromatic heterocycles. The molecule has 3 N–H and O–H groups in total. The fraction of sp³-hybridized carbons (Fsp3) is 0.368. The SMILES string of the molecule is O=C(NNC(=S)NCc1ccc(F)cc1)c1cc2c(s1)CCCCCC2. The third kappa shape index (κ3) is 5.25. The molecule has 0 atom stereocenters. The van der Waals surface area contributed by atoms with Crippen molar-refractivity contribution in [2.75, 3.05) is 0 Å². The Kier molecular flexibility index (Phi) is 6.57. The lowest BCUT2D eigenvalue weighted by Crippen LogP contribution is -2.46. The molecular formula is C19H22FN3OS2. The molecule has 0 fully saturated rings. The van der Waals surface area contributed by atoms with Crippen LogP contribution in [0.1, 0.15) is 51.4 Å². The van der Waals surface area contributed by atoms with Crippen LogP contribution in [0.4, 0.5) is 4.39 Å². The molecule has 1 aliphatic rings. The molecule has 0 spiro atoms. The molecule has 0 aliphatic heterocycles. The lowest BCUT2D eigenvalue weighted by Gasteiger charge is -2.11. The van der Waals surface area contributed by atoms with E-state index < -0.39 is 0 Å². The standard InChI is InChI=1S/C19H22FN3OS2/c20-15-9-7-13(8-10-15)12-21-19(25)23-22-18(24)17-11-14-5-3-1-2-4-6-16(14)26-17/h7-11H,1-6,12H2,(H,22,24)(H2,21,23,25). The number of nitrogens with one attached hydrogen (secondary N) is 3. The van der Waals surface area contributed by atoms with Gasteiger partial charge in [-0.1, -0.05) is 25.0 Å². The third-order valence-corrected chi connectivity index (χ3v) is 5.86. The Hall–Kier alpha value is -1.99. The second-order valence-corrected chi connectivity index (χ2v) is 7.91. The van der Waals surface area contributed by atoms with Crippen molar-refractivity contribution in [1.82, 2.24) is 16.2 Å². The average molecular weight is 392 g/mol. The van der Waals surface area contributed by atoms with Gasteiger partial charge in [-0.05, 0) is 67.2 Å². The number of hydrazine groups is 1. The van der Waals surface area contributed by atoms with Crippen LogP contribution in [-0.4, -0.2) is 11.0 Å². The molecule has 0 unspecified atom stereocenters. The van der Waals surface area contributed by atoms with Crippen LogP contribution in [0, 0.1) is 5.82 Å². The van der Waals surface area contributed by atoms with E-state index in [1.54, 1.807) is 23.5 Å². The van der Waals surface area contributed by atoms with Gasteiger partial charge in [-0.2, -0.15) is 0 Å². The molecule has 1 aromatic carbocycles. The summed E-state index contributed by atoms with van der Waals surface area (Å²) in [5.41, 5.74) is 7.58. The normalized spacial score (nSPS) is 13.9. The van der Waals surface area contributed by atoms with Crippen LogP contribution in [-0.2, 0) is 19.4 Å². The summed E-state index contributed by atoms with van der Waals surface area (Å²) in [6, 6.07) is 8.18. The first-order valence-electron chi connectivity index (χ1n) is 8.82. The molecule has 4 nitrogen and oxygen atoms in total. The molecule has 1 amide bonds. The Bertz CT molecular complexity index is 748. The van der Waals surface area contributed by atoms with Gasteiger partial charge in [-0.15, -0.1) is 11.3 Å². The van der Waals surface area contributed by atoms with Crippen LogP contribution < -0.4 is 16.2 Å². The van der Waals surface area contributed by atoms with Gasteiger partial charge in [0.2, 0.25) is 0 Å². The minimum Gasteiger partial charge on any atom is -0.357 e. The van der Waals surface area contributed by atoms with E-state index in [1.165, 1.54) is 48.3 Å². The van der Waals surface area contributed by atoms with E-state index in [9.17, 15) is 9.18 Å². The zero-order valence-electron chi connectivity index (χ0n) is 14.4. The van der Waals surface area contributed by atoms with Crippen LogP contribution in [0.5, 0.6) is 0 Å². The predicted molar refractivity (Wildman–Crippen MR) is 107 cm³/mol. The maximum absolute atomic E-state index is 12.9. The van der Waals surface area contributed by atoms with Crippen LogP contribution in [0.25, 0.3) is 0 Å². The molecule has 1 heterocycles. The number of aryl methyl sites for hydroxylation is 2. The van der Waals surface area contributed by atoms with Crippen molar-refractivity contribution in [3.05, 3.63) is 57.0 Å². The Morgan fingerprint density at radius 2 is 1.81 bits per heavy atom. The summed E-state index contributed by atoms with van der Waals surface area (Å²) in [7, 11) is 0. The topological polar surface area (TPSA) is 53.2 Å². The Labute approximate surface area is 162 Å². The van der Waals surface area contributed by atoms with Crippen LogP contribution in [0.15, 0.2) is 30.3 Å². The van der Waals surface area contributed by atoms with Crippen molar-refractivity contribution in [3.63, 3.8) is 0 Å². The molecule has 0 radical (unpaired) electrons. The first kappa shape index (κ1) is 18.8. The van der Waals surface area contributed by atoms with E-state index in [0.717, 1.165) is 18.4 Å². The highest BCUT2D eigenvalue weighted by Crippen LogP contribution is 2.28. The molecule has 3 rings (SSSR count). The van der Waals surface area contributed by atoms with Crippen molar-refractivity contribution >= 4 is 34.6 Å². The van der Waals surface area contributed by atoms with Gasteiger partial charge in [-0.25, -0.2) is 4.39 Å². The number of hydrogen-bond acceptors (Lipinski definition) is 3. The number of benzene rings is 1. The minimum absolute atomic E-state index is 0.173. The van der Waals surface area contributed by atoms with E-state index in [2.05, 4.69) is 16.2 Å². The van der Waals surface area contributed by atoms with Crippen molar-refractivity contribution in [2.45, 2.75) is 45.1 Å². The number of halogens is 1. The Balaban J connectivity index is 1.48. The largest absolute Gasteiger partial charge is 0.357 e. The number of fused-ring (bicyclic) bond motifs is 1. The Morgan fingerprint density at radius 1 is 1.08 bits per heavy atom. The van der Waals surface area contributed by atoms with Crippen molar-refractivity contribution < 1.29 is 9.18 Å². The van der Waals surface area contributed by atoms with Gasteiger partial charge in [0.1, 0.15) is 5.82 Å². The molecule has 7 heteroatoms. The summed E-state index contributed by atoms with van der Waals surface area (Å²) in [4.78, 5) is 14.4. The highest BCUT2D eigenvalue weighted by molar-refractivity contribution is 7.80. The molecule has 0 saturated heterocycles. The third-order valence-electron chi connectivity index (χ3n) is 4.38. The van der Waals surface area contributed by atoms with E-state index in [1.807, 2.05) is 6.07 Å². The molecular weight excluding hydrogens is 369 g/mol. The molecule has 26 heavy (non-hydrogen) atoms. The monoisotopic (exact) mass is 391 g/mol. The summed E-state index contributed by atoms with van der Waals surface area (Å²) in [6.07, 6.45) is 7.06. The second-order valence-electron chi connectivity index (χ2n) is 6.36. The van der Waals surface area contributed by atoms with E-state index in [4.69, 9.17) is 12.2 Å². The number of rotatable bonds is 3. The lowest BCUT2D eigenvalue weighted by molar-refractivity contribution is 0.0947. The summed E-state index contributed by atoms with van der Waals surface area (Å²) >= 11 is 6.74. The summed E-state index contributed by atoms with van der Waals surface area (Å²) in [5.74, 6) is -0.445. The molecule has 1 aliphatic carbocycles. The fourth-order valence-electron chi connectivity index (χ4n) is 2.96. The number of carbonyl (C=O) groups is 1. The van der Waals surface area contributed by atoms with Crippen LogP contribution >= 0.6 is 23.6 Å². The number of thiocarbonyl (C=S) groups is 1. The van der Waals surface area contributed by atoms with E-state index >= 15 is 0 Å². The predicted octanol–water partition coefficient (Wildman–Crippen LogP) is 3.86. The first-order valence-corrected chi connectivity index (χ1v) is 10.0. The van der Waals surface area contributed by atoms with Gasteiger partial charge in [0, 0.05) is 11.4 Å². The van der Waals surface area contributed by atoms with Crippen LogP contribution in [0.3, 0.4) is 0 Å². The van der Waals surface area contributed by atoms with Gasteiger partial charge in [0.15, 0.2) is 5.11 Å². The number of thiophene rings is 1. The van der Waals surface area contributed by atoms with Gasteiger partial charge in [-0.3, -0.25) is 15.6 Å². The first-order chi connectivity index (χ1) is 12.6. The summed E-state index contributed by atoms with van der Waals surface area (Å²) < 4.78 is 12.9. The second kappa shape index (κ2) is 9.09. The fourth-order valence-corrected chi connectivity index (χ4v) is 4.23. The smallest absolute Gasteiger partial charge is 0.279 e. The Morgan fingerprint density at radius 3 is 2.58 bits per heavy atom. The summed E-state index contributed by atoms with van der Waals surface area (Å²) in [6.45, 7) is 0.454. The highest BCUT2D eigenvalue weighted by atomic mass is 32.1. The molecule has 138 valence electrons. The van der Waals surface area contributed by atoms with E-state index in [0.29, 0.717) is 16.5 Å². The van der Waals surface area contributed by atoms with Gasteiger partial charge in [0.05, 0.1) is 4.88 Å². The van der Waals surface area contributed by atoms with Crippen molar-refractivity contribution in [1.29, 1.82) is 0 Å². The number of carbonyl (C=O) groups excluding carboxylic acids is 1. The minimum atomic E-state index is -0.272. The van der Waals surface area contributed by atoms with Crippen molar-refractivity contribution in [3.8, 4) is 0 Å². The molecule has 0 saturated carbocycles. The quantitative estimate of drug-likeness (QED) is 0.549. The molecule has 2 aromatic rings. The maximum atomic E-state index is 12.9. The zero-order chi connectivity index (χ0) is 18.4.